The zero-order valence-electron chi connectivity index (χ0n) is 12.6. The number of benzene rings is 1. The van der Waals surface area contributed by atoms with Gasteiger partial charge in [-0.05, 0) is 50.9 Å². The van der Waals surface area contributed by atoms with E-state index in [0.717, 1.165) is 24.5 Å². The van der Waals surface area contributed by atoms with E-state index in [1.807, 2.05) is 7.05 Å². The minimum absolute atomic E-state index is 0.428. The fourth-order valence-electron chi connectivity index (χ4n) is 3.11. The molecule has 2 N–H and O–H groups in total. The Morgan fingerprint density at radius 3 is 2.47 bits per heavy atom. The number of rotatable bonds is 6. The van der Waals surface area contributed by atoms with Gasteiger partial charge in [0.05, 0.1) is 12.8 Å². The molecule has 2 rings (SSSR count). The molecule has 106 valence electrons. The number of hydrogen-bond donors (Lipinski definition) is 2. The highest BCUT2D eigenvalue weighted by atomic mass is 16.5. The minimum Gasteiger partial charge on any atom is -0.494 e. The third kappa shape index (κ3) is 3.03. The summed E-state index contributed by atoms with van der Waals surface area (Å²) in [6, 6.07) is 4.34. The lowest BCUT2D eigenvalue weighted by molar-refractivity contribution is 0.151. The van der Waals surface area contributed by atoms with E-state index in [9.17, 15) is 0 Å². The van der Waals surface area contributed by atoms with Gasteiger partial charge in [-0.25, -0.2) is 0 Å². The zero-order chi connectivity index (χ0) is 13.9. The number of aryl methyl sites for hydroxylation is 2. The number of nitrogens with one attached hydrogen (secondary N) is 2. The maximum absolute atomic E-state index is 5.53. The van der Waals surface area contributed by atoms with E-state index in [1.54, 1.807) is 7.11 Å². The van der Waals surface area contributed by atoms with Crippen LogP contribution in [0.4, 0.5) is 5.69 Å². The van der Waals surface area contributed by atoms with Gasteiger partial charge in [0.15, 0.2) is 0 Å². The monoisotopic (exact) mass is 262 g/mol. The summed E-state index contributed by atoms with van der Waals surface area (Å²) in [5.41, 5.74) is 4.03. The Labute approximate surface area is 116 Å². The van der Waals surface area contributed by atoms with Gasteiger partial charge >= 0.3 is 0 Å². The molecule has 0 amide bonds. The van der Waals surface area contributed by atoms with E-state index in [1.165, 1.54) is 30.4 Å². The van der Waals surface area contributed by atoms with Gasteiger partial charge in [0, 0.05) is 18.5 Å². The Bertz CT molecular complexity index is 439. The van der Waals surface area contributed by atoms with Crippen molar-refractivity contribution in [2.45, 2.75) is 33.1 Å². The molecule has 0 radical (unpaired) electrons. The largest absolute Gasteiger partial charge is 0.494 e. The molecule has 1 fully saturated rings. The maximum Gasteiger partial charge on any atom is 0.144 e. The van der Waals surface area contributed by atoms with Crippen LogP contribution in [0.3, 0.4) is 0 Å². The lowest BCUT2D eigenvalue weighted by atomic mass is 9.68. The number of ether oxygens (including phenoxy) is 1. The second-order valence-corrected chi connectivity index (χ2v) is 5.90. The molecule has 3 nitrogen and oxygen atoms in total. The van der Waals surface area contributed by atoms with Crippen molar-refractivity contribution in [1.82, 2.24) is 5.32 Å². The molecular weight excluding hydrogens is 236 g/mol. The predicted octanol–water partition coefficient (Wildman–Crippen LogP) is 3.11. The summed E-state index contributed by atoms with van der Waals surface area (Å²) < 4.78 is 5.53. The van der Waals surface area contributed by atoms with Crippen LogP contribution in [0.1, 0.15) is 30.4 Å². The summed E-state index contributed by atoms with van der Waals surface area (Å²) in [5.74, 6) is 0.976. The summed E-state index contributed by atoms with van der Waals surface area (Å²) in [7, 11) is 3.78. The van der Waals surface area contributed by atoms with Crippen molar-refractivity contribution in [2.75, 3.05) is 32.6 Å². The highest BCUT2D eigenvalue weighted by molar-refractivity contribution is 5.61. The first-order valence-corrected chi connectivity index (χ1v) is 7.14. The Hall–Kier alpha value is -1.22. The van der Waals surface area contributed by atoms with Crippen LogP contribution >= 0.6 is 0 Å². The molecule has 0 unspecified atom stereocenters. The SMILES string of the molecule is CNCC1(CNc2cc(C)cc(C)c2OC)CCC1. The summed E-state index contributed by atoms with van der Waals surface area (Å²) in [6.45, 7) is 6.34. The summed E-state index contributed by atoms with van der Waals surface area (Å²) in [5, 5.41) is 6.94. The number of anilines is 1. The van der Waals surface area contributed by atoms with Crippen molar-refractivity contribution in [3.05, 3.63) is 23.3 Å². The Morgan fingerprint density at radius 2 is 1.95 bits per heavy atom. The standard InChI is InChI=1S/C16H26N2O/c1-12-8-13(2)15(19-4)14(9-12)18-11-16(10-17-3)6-5-7-16/h8-9,17-18H,5-7,10-11H2,1-4H3. The van der Waals surface area contributed by atoms with Crippen LogP contribution in [0.15, 0.2) is 12.1 Å². The van der Waals surface area contributed by atoms with Crippen LogP contribution in [0.5, 0.6) is 5.75 Å². The molecule has 1 aromatic carbocycles. The fraction of sp³-hybridized carbons (Fsp3) is 0.625. The lowest BCUT2D eigenvalue weighted by Gasteiger charge is -2.42. The van der Waals surface area contributed by atoms with Gasteiger partial charge in [0.1, 0.15) is 5.75 Å². The highest BCUT2D eigenvalue weighted by Gasteiger charge is 2.36. The molecule has 0 aromatic heterocycles. The fourth-order valence-corrected chi connectivity index (χ4v) is 3.11. The summed E-state index contributed by atoms with van der Waals surface area (Å²) in [4.78, 5) is 0. The number of hydrogen-bond acceptors (Lipinski definition) is 3. The minimum atomic E-state index is 0.428. The summed E-state index contributed by atoms with van der Waals surface area (Å²) >= 11 is 0. The molecule has 0 heterocycles. The average Bonchev–Trinajstić information content (AvgIpc) is 2.32. The van der Waals surface area contributed by atoms with Crippen molar-refractivity contribution in [1.29, 1.82) is 0 Å². The summed E-state index contributed by atoms with van der Waals surface area (Å²) in [6.07, 6.45) is 3.98. The topological polar surface area (TPSA) is 33.3 Å². The van der Waals surface area contributed by atoms with Gasteiger partial charge in [-0.1, -0.05) is 12.5 Å². The van der Waals surface area contributed by atoms with Crippen LogP contribution < -0.4 is 15.4 Å². The van der Waals surface area contributed by atoms with E-state index in [2.05, 4.69) is 36.6 Å². The maximum atomic E-state index is 5.53. The van der Waals surface area contributed by atoms with Gasteiger partial charge in [-0.2, -0.15) is 0 Å². The van der Waals surface area contributed by atoms with Gasteiger partial charge in [-0.3, -0.25) is 0 Å². The van der Waals surface area contributed by atoms with Crippen molar-refractivity contribution in [2.24, 2.45) is 5.41 Å². The molecule has 0 atom stereocenters. The zero-order valence-corrected chi connectivity index (χ0v) is 12.6. The van der Waals surface area contributed by atoms with Gasteiger partial charge in [0.25, 0.3) is 0 Å². The Morgan fingerprint density at radius 1 is 1.21 bits per heavy atom. The van der Waals surface area contributed by atoms with Crippen LogP contribution in [-0.4, -0.2) is 27.2 Å². The molecule has 3 heteroatoms. The molecule has 0 bridgehead atoms. The van der Waals surface area contributed by atoms with Gasteiger partial charge in [-0.15, -0.1) is 0 Å². The van der Waals surface area contributed by atoms with Crippen molar-refractivity contribution in [3.63, 3.8) is 0 Å². The smallest absolute Gasteiger partial charge is 0.144 e. The Kier molecular flexibility index (Phi) is 4.35. The quantitative estimate of drug-likeness (QED) is 0.826. The first-order chi connectivity index (χ1) is 9.10. The van der Waals surface area contributed by atoms with Crippen molar-refractivity contribution < 1.29 is 4.74 Å². The van der Waals surface area contributed by atoms with Crippen LogP contribution in [-0.2, 0) is 0 Å². The van der Waals surface area contributed by atoms with Crippen LogP contribution in [0.2, 0.25) is 0 Å². The van der Waals surface area contributed by atoms with Crippen LogP contribution in [0.25, 0.3) is 0 Å². The van der Waals surface area contributed by atoms with E-state index >= 15 is 0 Å². The van der Waals surface area contributed by atoms with Crippen molar-refractivity contribution >= 4 is 5.69 Å². The Balaban J connectivity index is 2.10. The van der Waals surface area contributed by atoms with E-state index in [0.29, 0.717) is 5.41 Å². The normalized spacial score (nSPS) is 16.8. The second kappa shape index (κ2) is 5.83. The van der Waals surface area contributed by atoms with E-state index in [-0.39, 0.29) is 0 Å². The first kappa shape index (κ1) is 14.2. The molecule has 1 aliphatic carbocycles. The van der Waals surface area contributed by atoms with Gasteiger partial charge in [0.2, 0.25) is 0 Å². The first-order valence-electron chi connectivity index (χ1n) is 7.14. The second-order valence-electron chi connectivity index (χ2n) is 5.90. The predicted molar refractivity (Wildman–Crippen MR) is 81.2 cm³/mol. The van der Waals surface area contributed by atoms with E-state index in [4.69, 9.17) is 4.74 Å². The number of methoxy groups -OCH3 is 1. The molecule has 0 spiro atoms. The molecule has 0 aliphatic heterocycles. The molecular formula is C16H26N2O. The molecule has 19 heavy (non-hydrogen) atoms. The van der Waals surface area contributed by atoms with Gasteiger partial charge < -0.3 is 15.4 Å². The third-order valence-corrected chi connectivity index (χ3v) is 4.24. The molecule has 1 aromatic rings. The van der Waals surface area contributed by atoms with Crippen molar-refractivity contribution in [3.8, 4) is 5.75 Å². The highest BCUT2D eigenvalue weighted by Crippen LogP contribution is 2.41. The third-order valence-electron chi connectivity index (χ3n) is 4.24. The molecule has 0 saturated heterocycles. The lowest BCUT2D eigenvalue weighted by Crippen LogP contribution is -2.44. The molecule has 1 saturated carbocycles. The average molecular weight is 262 g/mol. The van der Waals surface area contributed by atoms with Crippen LogP contribution in [0, 0.1) is 19.3 Å². The molecule has 1 aliphatic rings. The van der Waals surface area contributed by atoms with E-state index < -0.39 is 0 Å².